The summed E-state index contributed by atoms with van der Waals surface area (Å²) in [4.78, 5) is 1.63. The highest BCUT2D eigenvalue weighted by atomic mass is 32.2. The summed E-state index contributed by atoms with van der Waals surface area (Å²) in [6.07, 6.45) is -4.81. The van der Waals surface area contributed by atoms with Crippen molar-refractivity contribution in [2.24, 2.45) is 0 Å². The number of hydrogen-bond donors (Lipinski definition) is 2. The summed E-state index contributed by atoms with van der Waals surface area (Å²) in [6, 6.07) is 8.61. The number of alkyl halides is 3. The summed E-state index contributed by atoms with van der Waals surface area (Å²) in [5, 5.41) is 9.75. The number of rotatable bonds is 4. The minimum absolute atomic E-state index is 0.121. The van der Waals surface area contributed by atoms with Gasteiger partial charge in [-0.15, -0.1) is 0 Å². The second kappa shape index (κ2) is 7.71. The Morgan fingerprint density at radius 1 is 1.00 bits per heavy atom. The largest absolute Gasteiger partial charge is 0.421 e. The van der Waals surface area contributed by atoms with E-state index in [9.17, 15) is 31.1 Å². The molecular formula is C19H21F4N3O3S. The number of piperazine rings is 1. The first-order valence-electron chi connectivity index (χ1n) is 9.04. The van der Waals surface area contributed by atoms with Gasteiger partial charge in [0, 0.05) is 31.9 Å². The Balaban J connectivity index is 1.70. The molecule has 1 aliphatic rings. The smallest absolute Gasteiger partial charge is 0.396 e. The lowest BCUT2D eigenvalue weighted by atomic mass is 9.95. The Kier molecular flexibility index (Phi) is 5.74. The van der Waals surface area contributed by atoms with Crippen LogP contribution in [0.4, 0.5) is 28.9 Å². The molecule has 3 N–H and O–H groups in total. The maximum Gasteiger partial charge on any atom is 0.421 e. The third kappa shape index (κ3) is 4.09. The van der Waals surface area contributed by atoms with Crippen molar-refractivity contribution in [3.8, 4) is 0 Å². The van der Waals surface area contributed by atoms with Crippen molar-refractivity contribution in [3.05, 3.63) is 53.8 Å². The van der Waals surface area contributed by atoms with Gasteiger partial charge in [0.15, 0.2) is 5.60 Å². The molecule has 164 valence electrons. The van der Waals surface area contributed by atoms with Crippen molar-refractivity contribution in [2.45, 2.75) is 23.6 Å². The summed E-state index contributed by atoms with van der Waals surface area (Å²) in [7, 11) is -3.90. The fourth-order valence-electron chi connectivity index (χ4n) is 3.16. The first kappa shape index (κ1) is 22.3. The number of nitrogens with zero attached hydrogens (tertiary/aromatic N) is 2. The van der Waals surface area contributed by atoms with Crippen molar-refractivity contribution in [1.82, 2.24) is 4.31 Å². The van der Waals surface area contributed by atoms with E-state index < -0.39 is 27.6 Å². The zero-order chi connectivity index (χ0) is 22.3. The standard InChI is InChI=1S/C19H21F4N3O3S/c1-18(27,19(21,22)23)13-2-4-14(5-3-13)25-8-10-26(11-9-25)30(28,29)15-6-7-17(24)16(20)12-15/h2-7,12,27H,8-11,24H2,1H3. The van der Waals surface area contributed by atoms with E-state index in [1.54, 1.807) is 0 Å². The number of hydrogen-bond acceptors (Lipinski definition) is 5. The van der Waals surface area contributed by atoms with Gasteiger partial charge in [0.05, 0.1) is 10.6 Å². The van der Waals surface area contributed by atoms with Crippen LogP contribution in [0.2, 0.25) is 0 Å². The lowest BCUT2D eigenvalue weighted by molar-refractivity contribution is -0.258. The number of sulfonamides is 1. The number of nitrogen functional groups attached to an aromatic ring is 1. The van der Waals surface area contributed by atoms with E-state index in [1.807, 2.05) is 4.90 Å². The highest BCUT2D eigenvalue weighted by molar-refractivity contribution is 7.89. The van der Waals surface area contributed by atoms with Crippen molar-refractivity contribution < 1.29 is 31.1 Å². The SMILES string of the molecule is CC(O)(c1ccc(N2CCN(S(=O)(=O)c3ccc(N)c(F)c3)CC2)cc1)C(F)(F)F. The average Bonchev–Trinajstić information content (AvgIpc) is 2.69. The summed E-state index contributed by atoms with van der Waals surface area (Å²) in [5.74, 6) is -0.815. The molecule has 1 saturated heterocycles. The molecule has 0 amide bonds. The van der Waals surface area contributed by atoms with Crippen molar-refractivity contribution in [2.75, 3.05) is 36.8 Å². The van der Waals surface area contributed by atoms with Crippen LogP contribution in [0.5, 0.6) is 0 Å². The van der Waals surface area contributed by atoms with Crippen LogP contribution >= 0.6 is 0 Å². The van der Waals surface area contributed by atoms with Crippen LogP contribution in [0.25, 0.3) is 0 Å². The fourth-order valence-corrected chi connectivity index (χ4v) is 4.60. The molecule has 11 heteroatoms. The van der Waals surface area contributed by atoms with Gasteiger partial charge in [0.25, 0.3) is 0 Å². The minimum atomic E-state index is -4.81. The molecule has 0 saturated carbocycles. The number of benzene rings is 2. The topological polar surface area (TPSA) is 86.9 Å². The normalized spacial score (nSPS) is 18.3. The molecule has 0 spiro atoms. The first-order valence-corrected chi connectivity index (χ1v) is 10.5. The Bertz CT molecular complexity index is 1020. The quantitative estimate of drug-likeness (QED) is 0.556. The van der Waals surface area contributed by atoms with Gasteiger partial charge in [-0.3, -0.25) is 0 Å². The van der Waals surface area contributed by atoms with E-state index in [0.29, 0.717) is 25.7 Å². The lowest BCUT2D eigenvalue weighted by Gasteiger charge is -2.35. The number of halogens is 4. The van der Waals surface area contributed by atoms with Crippen LogP contribution in [-0.4, -0.2) is 50.2 Å². The maximum atomic E-state index is 13.6. The van der Waals surface area contributed by atoms with Crippen molar-refractivity contribution in [3.63, 3.8) is 0 Å². The number of nitrogens with two attached hydrogens (primary N) is 1. The van der Waals surface area contributed by atoms with E-state index in [2.05, 4.69) is 0 Å². The molecule has 0 bridgehead atoms. The zero-order valence-electron chi connectivity index (χ0n) is 16.0. The molecule has 3 rings (SSSR count). The highest BCUT2D eigenvalue weighted by Gasteiger charge is 2.51. The predicted octanol–water partition coefficient (Wildman–Crippen LogP) is 2.69. The van der Waals surface area contributed by atoms with Crippen LogP contribution in [0.3, 0.4) is 0 Å². The molecule has 0 aromatic heterocycles. The monoisotopic (exact) mass is 447 g/mol. The third-order valence-corrected chi connectivity index (χ3v) is 7.09. The fraction of sp³-hybridized carbons (Fsp3) is 0.368. The molecule has 2 aromatic rings. The second-order valence-electron chi connectivity index (χ2n) is 7.19. The van der Waals surface area contributed by atoms with Gasteiger partial charge < -0.3 is 15.7 Å². The summed E-state index contributed by atoms with van der Waals surface area (Å²) in [6.45, 7) is 1.52. The van der Waals surface area contributed by atoms with Crippen LogP contribution in [0.15, 0.2) is 47.4 Å². The molecule has 1 heterocycles. The molecule has 1 atom stereocenters. The molecule has 0 radical (unpaired) electrons. The van der Waals surface area contributed by atoms with E-state index in [4.69, 9.17) is 5.73 Å². The highest BCUT2D eigenvalue weighted by Crippen LogP contribution is 2.39. The van der Waals surface area contributed by atoms with Gasteiger partial charge in [0.1, 0.15) is 5.82 Å². The number of anilines is 2. The molecule has 1 aliphatic heterocycles. The third-order valence-electron chi connectivity index (χ3n) is 5.19. The van der Waals surface area contributed by atoms with Crippen LogP contribution in [-0.2, 0) is 15.6 Å². The Morgan fingerprint density at radius 2 is 1.57 bits per heavy atom. The van der Waals surface area contributed by atoms with Crippen LogP contribution in [0.1, 0.15) is 12.5 Å². The first-order chi connectivity index (χ1) is 13.8. The van der Waals surface area contributed by atoms with Gasteiger partial charge in [-0.05, 0) is 42.8 Å². The van der Waals surface area contributed by atoms with Crippen LogP contribution in [0, 0.1) is 5.82 Å². The molecule has 0 aliphatic carbocycles. The zero-order valence-corrected chi connectivity index (χ0v) is 16.8. The maximum absolute atomic E-state index is 13.6. The van der Waals surface area contributed by atoms with Gasteiger partial charge >= 0.3 is 6.18 Å². The van der Waals surface area contributed by atoms with E-state index >= 15 is 0 Å². The number of aliphatic hydroxyl groups is 1. The minimum Gasteiger partial charge on any atom is -0.396 e. The van der Waals surface area contributed by atoms with Crippen LogP contribution < -0.4 is 10.6 Å². The molecular weight excluding hydrogens is 426 g/mol. The van der Waals surface area contributed by atoms with E-state index in [1.165, 1.54) is 40.7 Å². The van der Waals surface area contributed by atoms with Gasteiger partial charge in [-0.1, -0.05) is 12.1 Å². The molecule has 6 nitrogen and oxygen atoms in total. The van der Waals surface area contributed by atoms with E-state index in [0.717, 1.165) is 6.07 Å². The second-order valence-corrected chi connectivity index (χ2v) is 9.13. The Morgan fingerprint density at radius 3 is 2.07 bits per heavy atom. The summed E-state index contributed by atoms with van der Waals surface area (Å²) in [5.41, 5.74) is 2.59. The lowest BCUT2D eigenvalue weighted by Crippen LogP contribution is -2.48. The van der Waals surface area contributed by atoms with Crippen molar-refractivity contribution in [1.29, 1.82) is 0 Å². The van der Waals surface area contributed by atoms with Gasteiger partial charge in [-0.2, -0.15) is 17.5 Å². The molecule has 1 fully saturated rings. The Hall–Kier alpha value is -2.37. The van der Waals surface area contributed by atoms with Gasteiger partial charge in [0.2, 0.25) is 10.0 Å². The summed E-state index contributed by atoms with van der Waals surface area (Å²) < 4.78 is 79.2. The van der Waals surface area contributed by atoms with Crippen molar-refractivity contribution >= 4 is 21.4 Å². The van der Waals surface area contributed by atoms with E-state index in [-0.39, 0.29) is 29.2 Å². The molecule has 1 unspecified atom stereocenters. The molecule has 30 heavy (non-hydrogen) atoms. The summed E-state index contributed by atoms with van der Waals surface area (Å²) >= 11 is 0. The molecule has 2 aromatic carbocycles. The Labute approximate surface area is 171 Å². The van der Waals surface area contributed by atoms with Gasteiger partial charge in [-0.25, -0.2) is 12.8 Å². The predicted molar refractivity (Wildman–Crippen MR) is 104 cm³/mol. The average molecular weight is 447 g/mol.